The second kappa shape index (κ2) is 7.04. The topological polar surface area (TPSA) is 107 Å². The predicted octanol–water partition coefficient (Wildman–Crippen LogP) is 1.44. The molecule has 0 bridgehead atoms. The Hall–Kier alpha value is -2.35. The van der Waals surface area contributed by atoms with Crippen molar-refractivity contribution in [2.45, 2.75) is 37.8 Å². The largest absolute Gasteiger partial charge is 0.384 e. The van der Waals surface area contributed by atoms with Crippen LogP contribution in [0.5, 0.6) is 0 Å². The number of nitrogen functional groups attached to an aromatic ring is 1. The molecule has 1 aromatic heterocycles. The number of nitrogens with zero attached hydrogens (tertiary/aromatic N) is 2. The van der Waals surface area contributed by atoms with Crippen LogP contribution in [0.15, 0.2) is 35.2 Å². The SMILES string of the molecule is CCC(NC(=O)Cn1nc(C)cc1N)c1ccc(S(C)(=O)=O)cc1. The highest BCUT2D eigenvalue weighted by Gasteiger charge is 2.15. The average Bonchev–Trinajstić information content (AvgIpc) is 2.81. The molecule has 8 heteroatoms. The third-order valence-corrected chi connectivity index (χ3v) is 4.81. The first-order valence-electron chi connectivity index (χ1n) is 7.60. The lowest BCUT2D eigenvalue weighted by molar-refractivity contribution is -0.122. The van der Waals surface area contributed by atoms with Gasteiger partial charge in [-0.15, -0.1) is 0 Å². The zero-order chi connectivity index (χ0) is 17.9. The van der Waals surface area contributed by atoms with Gasteiger partial charge < -0.3 is 11.1 Å². The molecule has 0 aliphatic rings. The Bertz CT molecular complexity index is 826. The van der Waals surface area contributed by atoms with Gasteiger partial charge in [-0.3, -0.25) is 4.79 Å². The van der Waals surface area contributed by atoms with E-state index in [0.29, 0.717) is 12.2 Å². The molecule has 1 atom stereocenters. The molecule has 0 radical (unpaired) electrons. The van der Waals surface area contributed by atoms with Gasteiger partial charge in [-0.25, -0.2) is 13.1 Å². The van der Waals surface area contributed by atoms with Crippen LogP contribution in [0.1, 0.15) is 30.6 Å². The number of nitrogens with one attached hydrogen (secondary N) is 1. The van der Waals surface area contributed by atoms with Crippen LogP contribution >= 0.6 is 0 Å². The Labute approximate surface area is 141 Å². The molecule has 0 saturated heterocycles. The molecule has 1 heterocycles. The second-order valence-electron chi connectivity index (χ2n) is 5.74. The zero-order valence-electron chi connectivity index (χ0n) is 14.0. The summed E-state index contributed by atoms with van der Waals surface area (Å²) in [4.78, 5) is 12.5. The minimum Gasteiger partial charge on any atom is -0.384 e. The van der Waals surface area contributed by atoms with E-state index in [2.05, 4.69) is 10.4 Å². The summed E-state index contributed by atoms with van der Waals surface area (Å²) in [6.45, 7) is 3.79. The number of carbonyl (C=O) groups is 1. The number of anilines is 1. The molecular weight excluding hydrogens is 328 g/mol. The maximum absolute atomic E-state index is 12.2. The van der Waals surface area contributed by atoms with Crippen LogP contribution in [0.25, 0.3) is 0 Å². The number of amides is 1. The second-order valence-corrected chi connectivity index (χ2v) is 7.75. The molecule has 0 aliphatic heterocycles. The van der Waals surface area contributed by atoms with Gasteiger partial charge in [0.2, 0.25) is 5.91 Å². The zero-order valence-corrected chi connectivity index (χ0v) is 14.8. The van der Waals surface area contributed by atoms with Gasteiger partial charge in [0.15, 0.2) is 9.84 Å². The van der Waals surface area contributed by atoms with Crippen molar-refractivity contribution in [3.05, 3.63) is 41.6 Å². The number of aryl methyl sites for hydroxylation is 1. The van der Waals surface area contributed by atoms with Gasteiger partial charge in [-0.05, 0) is 31.0 Å². The number of hydrogen-bond acceptors (Lipinski definition) is 5. The number of nitrogens with two attached hydrogens (primary N) is 1. The first-order valence-corrected chi connectivity index (χ1v) is 9.49. The minimum absolute atomic E-state index is 0.0393. The third-order valence-electron chi connectivity index (χ3n) is 3.68. The Kier molecular flexibility index (Phi) is 5.28. The van der Waals surface area contributed by atoms with E-state index in [0.717, 1.165) is 17.5 Å². The van der Waals surface area contributed by atoms with Gasteiger partial charge in [0.25, 0.3) is 0 Å². The van der Waals surface area contributed by atoms with Crippen molar-refractivity contribution < 1.29 is 13.2 Å². The molecular formula is C16H22N4O3S. The van der Waals surface area contributed by atoms with Gasteiger partial charge in [0.05, 0.1) is 16.6 Å². The van der Waals surface area contributed by atoms with Crippen molar-refractivity contribution in [3.63, 3.8) is 0 Å². The molecule has 0 saturated carbocycles. The fourth-order valence-corrected chi connectivity index (χ4v) is 3.07. The van der Waals surface area contributed by atoms with Crippen LogP contribution < -0.4 is 11.1 Å². The molecule has 3 N–H and O–H groups in total. The van der Waals surface area contributed by atoms with E-state index >= 15 is 0 Å². The lowest BCUT2D eigenvalue weighted by atomic mass is 10.0. The van der Waals surface area contributed by atoms with Crippen molar-refractivity contribution in [1.82, 2.24) is 15.1 Å². The summed E-state index contributed by atoms with van der Waals surface area (Å²) in [5, 5.41) is 7.08. The van der Waals surface area contributed by atoms with Crippen molar-refractivity contribution in [1.29, 1.82) is 0 Å². The number of benzene rings is 1. The first-order chi connectivity index (χ1) is 11.2. The Morgan fingerprint density at radius 1 is 1.33 bits per heavy atom. The lowest BCUT2D eigenvalue weighted by Gasteiger charge is -2.18. The van der Waals surface area contributed by atoms with E-state index < -0.39 is 9.84 Å². The number of rotatable bonds is 6. The van der Waals surface area contributed by atoms with Crippen LogP contribution in [0.3, 0.4) is 0 Å². The number of sulfone groups is 1. The molecule has 24 heavy (non-hydrogen) atoms. The first kappa shape index (κ1) is 18.0. The van der Waals surface area contributed by atoms with Crippen molar-refractivity contribution in [2.24, 2.45) is 0 Å². The Balaban J connectivity index is 2.08. The van der Waals surface area contributed by atoms with Gasteiger partial charge in [-0.1, -0.05) is 19.1 Å². The minimum atomic E-state index is -3.23. The maximum atomic E-state index is 12.2. The summed E-state index contributed by atoms with van der Waals surface area (Å²) in [5.41, 5.74) is 7.39. The quantitative estimate of drug-likeness (QED) is 0.820. The summed E-state index contributed by atoms with van der Waals surface area (Å²) < 4.78 is 24.5. The lowest BCUT2D eigenvalue weighted by Crippen LogP contribution is -2.32. The summed E-state index contributed by atoms with van der Waals surface area (Å²) in [6, 6.07) is 8.04. The van der Waals surface area contributed by atoms with Crippen LogP contribution in [-0.2, 0) is 21.2 Å². The summed E-state index contributed by atoms with van der Waals surface area (Å²) in [7, 11) is -3.23. The highest BCUT2D eigenvalue weighted by atomic mass is 32.2. The van der Waals surface area contributed by atoms with Gasteiger partial charge in [-0.2, -0.15) is 5.10 Å². The Morgan fingerprint density at radius 3 is 2.42 bits per heavy atom. The standard InChI is InChI=1S/C16H22N4O3S/c1-4-14(12-5-7-13(8-6-12)24(3,22)23)18-16(21)10-20-15(17)9-11(2)19-20/h5-9,14H,4,10,17H2,1-3H3,(H,18,21). The fourth-order valence-electron chi connectivity index (χ4n) is 2.44. The molecule has 130 valence electrons. The van der Waals surface area contributed by atoms with Gasteiger partial charge in [0.1, 0.15) is 12.4 Å². The molecule has 1 aromatic carbocycles. The number of aromatic nitrogens is 2. The molecule has 0 aliphatic carbocycles. The van der Waals surface area contributed by atoms with E-state index in [4.69, 9.17) is 5.73 Å². The van der Waals surface area contributed by atoms with Crippen LogP contribution in [-0.4, -0.2) is 30.4 Å². The van der Waals surface area contributed by atoms with Gasteiger partial charge >= 0.3 is 0 Å². The number of hydrogen-bond donors (Lipinski definition) is 2. The van der Waals surface area contributed by atoms with Crippen LogP contribution in [0, 0.1) is 6.92 Å². The van der Waals surface area contributed by atoms with E-state index in [9.17, 15) is 13.2 Å². The molecule has 1 unspecified atom stereocenters. The summed E-state index contributed by atoms with van der Waals surface area (Å²) in [5.74, 6) is 0.233. The van der Waals surface area contributed by atoms with E-state index in [-0.39, 0.29) is 23.4 Å². The predicted molar refractivity (Wildman–Crippen MR) is 92.1 cm³/mol. The molecule has 2 rings (SSSR count). The van der Waals surface area contributed by atoms with Crippen LogP contribution in [0.2, 0.25) is 0 Å². The van der Waals surface area contributed by atoms with E-state index in [1.165, 1.54) is 4.68 Å². The van der Waals surface area contributed by atoms with Crippen molar-refractivity contribution in [3.8, 4) is 0 Å². The van der Waals surface area contributed by atoms with E-state index in [1.807, 2.05) is 13.8 Å². The summed E-state index contributed by atoms with van der Waals surface area (Å²) >= 11 is 0. The molecule has 7 nitrogen and oxygen atoms in total. The van der Waals surface area contributed by atoms with E-state index in [1.54, 1.807) is 30.3 Å². The smallest absolute Gasteiger partial charge is 0.242 e. The fraction of sp³-hybridized carbons (Fsp3) is 0.375. The molecule has 2 aromatic rings. The summed E-state index contributed by atoms with van der Waals surface area (Å²) in [6.07, 6.45) is 1.84. The average molecular weight is 350 g/mol. The molecule has 0 fully saturated rings. The van der Waals surface area contributed by atoms with Gasteiger partial charge in [0, 0.05) is 12.3 Å². The highest BCUT2D eigenvalue weighted by molar-refractivity contribution is 7.90. The van der Waals surface area contributed by atoms with Crippen molar-refractivity contribution >= 4 is 21.6 Å². The maximum Gasteiger partial charge on any atom is 0.242 e. The highest BCUT2D eigenvalue weighted by Crippen LogP contribution is 2.19. The third kappa shape index (κ3) is 4.35. The monoisotopic (exact) mass is 350 g/mol. The van der Waals surface area contributed by atoms with Crippen LogP contribution in [0.4, 0.5) is 5.82 Å². The normalized spacial score (nSPS) is 12.8. The molecule has 1 amide bonds. The Morgan fingerprint density at radius 2 is 1.96 bits per heavy atom. The van der Waals surface area contributed by atoms with Crippen molar-refractivity contribution in [2.75, 3.05) is 12.0 Å². The molecule has 0 spiro atoms. The number of carbonyl (C=O) groups excluding carboxylic acids is 1.